The number of ether oxygens (including phenoxy) is 2. The van der Waals surface area contributed by atoms with Crippen LogP contribution in [0.2, 0.25) is 0 Å². The molecule has 1 aliphatic carbocycles. The van der Waals surface area contributed by atoms with Crippen molar-refractivity contribution in [3.05, 3.63) is 23.8 Å². The molecule has 1 atom stereocenters. The minimum atomic E-state index is -0.135. The van der Waals surface area contributed by atoms with Crippen LogP contribution in [0.3, 0.4) is 0 Å². The molecule has 0 aromatic rings. The molecule has 0 fully saturated rings. The number of rotatable bonds is 7. The second-order valence-corrected chi connectivity index (χ2v) is 4.21. The summed E-state index contributed by atoms with van der Waals surface area (Å²) in [5, 5.41) is 0. The predicted molar refractivity (Wildman–Crippen MR) is 62.7 cm³/mol. The zero-order valence-electron chi connectivity index (χ0n) is 10.0. The Morgan fingerprint density at radius 1 is 1.33 bits per heavy atom. The third-order valence-corrected chi connectivity index (χ3v) is 2.39. The summed E-state index contributed by atoms with van der Waals surface area (Å²) in [5.74, 6) is 0.683. The van der Waals surface area contributed by atoms with Crippen LogP contribution >= 0.6 is 0 Å². The van der Waals surface area contributed by atoms with Crippen molar-refractivity contribution >= 4 is 0 Å². The van der Waals surface area contributed by atoms with Crippen molar-refractivity contribution in [1.29, 1.82) is 0 Å². The fourth-order valence-corrected chi connectivity index (χ4v) is 1.46. The summed E-state index contributed by atoms with van der Waals surface area (Å²) in [5.41, 5.74) is 1.24. The molecule has 2 nitrogen and oxygen atoms in total. The molecule has 0 amide bonds. The average molecular weight is 210 g/mol. The highest BCUT2D eigenvalue weighted by atomic mass is 16.7. The van der Waals surface area contributed by atoms with E-state index in [1.54, 1.807) is 0 Å². The van der Waals surface area contributed by atoms with Crippen molar-refractivity contribution in [2.24, 2.45) is 5.92 Å². The van der Waals surface area contributed by atoms with Crippen molar-refractivity contribution in [1.82, 2.24) is 0 Å². The van der Waals surface area contributed by atoms with E-state index in [0.29, 0.717) is 12.5 Å². The van der Waals surface area contributed by atoms with E-state index >= 15 is 0 Å². The van der Waals surface area contributed by atoms with Gasteiger partial charge in [-0.25, -0.2) is 0 Å². The van der Waals surface area contributed by atoms with Crippen molar-refractivity contribution < 1.29 is 9.47 Å². The third kappa shape index (κ3) is 4.63. The lowest BCUT2D eigenvalue weighted by molar-refractivity contribution is -0.117. The Morgan fingerprint density at radius 2 is 2.13 bits per heavy atom. The van der Waals surface area contributed by atoms with Gasteiger partial charge in [0.2, 0.25) is 0 Å². The molecule has 1 rings (SSSR count). The van der Waals surface area contributed by atoms with E-state index in [9.17, 15) is 0 Å². The minimum Gasteiger partial charge on any atom is -0.349 e. The number of hydrogen-bond donors (Lipinski definition) is 0. The van der Waals surface area contributed by atoms with Gasteiger partial charge in [-0.3, -0.25) is 0 Å². The quantitative estimate of drug-likeness (QED) is 0.600. The lowest BCUT2D eigenvalue weighted by Crippen LogP contribution is -2.20. The standard InChI is InChI=1S/C13H22O2/c1-4-14-13(12-7-5-6-8-12)15-10-9-11(2)3/h5-7,11,13H,4,8-10H2,1-3H3. The van der Waals surface area contributed by atoms with Gasteiger partial charge in [0.05, 0.1) is 6.61 Å². The van der Waals surface area contributed by atoms with Gasteiger partial charge >= 0.3 is 0 Å². The Morgan fingerprint density at radius 3 is 2.67 bits per heavy atom. The van der Waals surface area contributed by atoms with Crippen molar-refractivity contribution in [2.75, 3.05) is 13.2 Å². The van der Waals surface area contributed by atoms with Crippen LogP contribution in [0.15, 0.2) is 23.8 Å². The molecule has 0 aromatic heterocycles. The van der Waals surface area contributed by atoms with Gasteiger partial charge in [-0.15, -0.1) is 0 Å². The molecule has 0 heterocycles. The maximum atomic E-state index is 5.75. The highest BCUT2D eigenvalue weighted by Gasteiger charge is 2.15. The molecule has 86 valence electrons. The second kappa shape index (κ2) is 6.81. The fraction of sp³-hybridized carbons (Fsp3) is 0.692. The van der Waals surface area contributed by atoms with E-state index in [4.69, 9.17) is 9.47 Å². The molecule has 0 spiro atoms. The molecule has 1 unspecified atom stereocenters. The Bertz CT molecular complexity index is 229. The average Bonchev–Trinajstić information content (AvgIpc) is 2.68. The molecule has 0 N–H and O–H groups in total. The lowest BCUT2D eigenvalue weighted by atomic mass is 10.1. The zero-order valence-corrected chi connectivity index (χ0v) is 10.0. The maximum absolute atomic E-state index is 5.75. The van der Waals surface area contributed by atoms with Gasteiger partial charge in [-0.05, 0) is 31.3 Å². The maximum Gasteiger partial charge on any atom is 0.180 e. The summed E-state index contributed by atoms with van der Waals surface area (Å²) >= 11 is 0. The SMILES string of the molecule is CCOC(OCCC(C)C)C1=CC=CC1. The molecule has 2 heteroatoms. The summed E-state index contributed by atoms with van der Waals surface area (Å²) in [6.07, 6.45) is 8.20. The first-order valence-electron chi connectivity index (χ1n) is 5.82. The number of hydrogen-bond acceptors (Lipinski definition) is 2. The Kier molecular flexibility index (Phi) is 5.66. The molecule has 1 aliphatic rings. The Labute approximate surface area is 93.0 Å². The van der Waals surface area contributed by atoms with E-state index in [2.05, 4.69) is 32.1 Å². The summed E-state index contributed by atoms with van der Waals surface area (Å²) in [4.78, 5) is 0. The first-order chi connectivity index (χ1) is 7.24. The van der Waals surface area contributed by atoms with Crippen LogP contribution < -0.4 is 0 Å². The van der Waals surface area contributed by atoms with E-state index in [0.717, 1.165) is 19.4 Å². The van der Waals surface area contributed by atoms with Crippen molar-refractivity contribution in [2.45, 2.75) is 39.9 Å². The van der Waals surface area contributed by atoms with Gasteiger partial charge < -0.3 is 9.47 Å². The molecule has 0 radical (unpaired) electrons. The molecule has 0 aliphatic heterocycles. The second-order valence-electron chi connectivity index (χ2n) is 4.21. The van der Waals surface area contributed by atoms with Gasteiger partial charge in [0.25, 0.3) is 0 Å². The normalized spacial score (nSPS) is 17.2. The number of allylic oxidation sites excluding steroid dienone is 3. The van der Waals surface area contributed by atoms with E-state index in [-0.39, 0.29) is 6.29 Å². The first kappa shape index (κ1) is 12.5. The molecule has 0 aromatic carbocycles. The largest absolute Gasteiger partial charge is 0.349 e. The summed E-state index contributed by atoms with van der Waals surface area (Å²) in [7, 11) is 0. The molecule has 15 heavy (non-hydrogen) atoms. The van der Waals surface area contributed by atoms with E-state index < -0.39 is 0 Å². The summed E-state index contributed by atoms with van der Waals surface area (Å²) in [6.45, 7) is 7.88. The summed E-state index contributed by atoms with van der Waals surface area (Å²) < 4.78 is 11.3. The fourth-order valence-electron chi connectivity index (χ4n) is 1.46. The molecule has 0 saturated heterocycles. The van der Waals surface area contributed by atoms with Crippen LogP contribution in [-0.2, 0) is 9.47 Å². The summed E-state index contributed by atoms with van der Waals surface area (Å²) in [6, 6.07) is 0. The van der Waals surface area contributed by atoms with Gasteiger partial charge in [0.15, 0.2) is 6.29 Å². The molecule has 0 saturated carbocycles. The topological polar surface area (TPSA) is 18.5 Å². The van der Waals surface area contributed by atoms with E-state index in [1.807, 2.05) is 6.92 Å². The minimum absolute atomic E-state index is 0.135. The van der Waals surface area contributed by atoms with Gasteiger partial charge in [-0.1, -0.05) is 32.1 Å². The van der Waals surface area contributed by atoms with E-state index in [1.165, 1.54) is 5.57 Å². The van der Waals surface area contributed by atoms with Crippen molar-refractivity contribution in [3.8, 4) is 0 Å². The highest BCUT2D eigenvalue weighted by molar-refractivity contribution is 5.24. The molecular weight excluding hydrogens is 188 g/mol. The first-order valence-corrected chi connectivity index (χ1v) is 5.82. The van der Waals surface area contributed by atoms with Gasteiger partial charge in [0, 0.05) is 6.61 Å². The Hall–Kier alpha value is -0.600. The van der Waals surface area contributed by atoms with Crippen molar-refractivity contribution in [3.63, 3.8) is 0 Å². The Balaban J connectivity index is 2.30. The van der Waals surface area contributed by atoms with Gasteiger partial charge in [0.1, 0.15) is 0 Å². The van der Waals surface area contributed by atoms with Gasteiger partial charge in [-0.2, -0.15) is 0 Å². The smallest absolute Gasteiger partial charge is 0.180 e. The third-order valence-electron chi connectivity index (χ3n) is 2.39. The molecule has 0 bridgehead atoms. The lowest BCUT2D eigenvalue weighted by Gasteiger charge is -2.19. The van der Waals surface area contributed by atoms with Crippen LogP contribution in [0.5, 0.6) is 0 Å². The van der Waals surface area contributed by atoms with Crippen LogP contribution in [0.25, 0.3) is 0 Å². The van der Waals surface area contributed by atoms with Crippen LogP contribution in [0, 0.1) is 5.92 Å². The zero-order chi connectivity index (χ0) is 11.1. The predicted octanol–water partition coefficient (Wildman–Crippen LogP) is 3.30. The highest BCUT2D eigenvalue weighted by Crippen LogP contribution is 2.19. The van der Waals surface area contributed by atoms with Crippen LogP contribution in [0.4, 0.5) is 0 Å². The monoisotopic (exact) mass is 210 g/mol. The van der Waals surface area contributed by atoms with Crippen LogP contribution in [0.1, 0.15) is 33.6 Å². The van der Waals surface area contributed by atoms with Crippen LogP contribution in [-0.4, -0.2) is 19.5 Å². The molecular formula is C13H22O2.